The van der Waals surface area contributed by atoms with Gasteiger partial charge in [-0.3, -0.25) is 4.79 Å². The number of aryl methyl sites for hydroxylation is 1. The largest absolute Gasteiger partial charge is 0.508 e. The monoisotopic (exact) mass is 237 g/mol. The fourth-order valence-electron chi connectivity index (χ4n) is 1.72. The van der Waals surface area contributed by atoms with Crippen LogP contribution in [0.25, 0.3) is 0 Å². The number of hydrogen-bond acceptors (Lipinski definition) is 3. The molecule has 17 heavy (non-hydrogen) atoms. The summed E-state index contributed by atoms with van der Waals surface area (Å²) < 4.78 is 0. The normalized spacial score (nSPS) is 12.4. The summed E-state index contributed by atoms with van der Waals surface area (Å²) in [5.74, 6) is -1.19. The Balaban J connectivity index is 2.83. The highest BCUT2D eigenvalue weighted by molar-refractivity contribution is 5.76. The Bertz CT molecular complexity index is 390. The summed E-state index contributed by atoms with van der Waals surface area (Å²) in [4.78, 5) is 10.8. The average Bonchev–Trinajstić information content (AvgIpc) is 2.30. The SMILES string of the molecule is CCCCCc1ccc(O)c([C@H](N)C(=O)O)c1. The van der Waals surface area contributed by atoms with Crippen LogP contribution in [0.3, 0.4) is 0 Å². The molecular weight excluding hydrogens is 218 g/mol. The van der Waals surface area contributed by atoms with Crippen molar-refractivity contribution in [1.29, 1.82) is 0 Å². The van der Waals surface area contributed by atoms with Crippen molar-refractivity contribution >= 4 is 5.97 Å². The summed E-state index contributed by atoms with van der Waals surface area (Å²) in [7, 11) is 0. The summed E-state index contributed by atoms with van der Waals surface area (Å²) in [5, 5.41) is 18.4. The third-order valence-corrected chi connectivity index (χ3v) is 2.76. The molecule has 4 N–H and O–H groups in total. The van der Waals surface area contributed by atoms with Crippen molar-refractivity contribution in [2.75, 3.05) is 0 Å². The van der Waals surface area contributed by atoms with Crippen molar-refractivity contribution in [3.8, 4) is 5.75 Å². The lowest BCUT2D eigenvalue weighted by Gasteiger charge is -2.11. The minimum absolute atomic E-state index is 0.0564. The van der Waals surface area contributed by atoms with E-state index in [2.05, 4.69) is 6.92 Å². The molecule has 0 radical (unpaired) electrons. The molecule has 1 aromatic rings. The van der Waals surface area contributed by atoms with E-state index in [0.717, 1.165) is 31.2 Å². The lowest BCUT2D eigenvalue weighted by molar-refractivity contribution is -0.138. The number of aromatic hydroxyl groups is 1. The molecule has 0 spiro atoms. The molecular formula is C13H19NO3. The summed E-state index contributed by atoms with van der Waals surface area (Å²) >= 11 is 0. The van der Waals surface area contributed by atoms with Crippen LogP contribution in [0.5, 0.6) is 5.75 Å². The van der Waals surface area contributed by atoms with E-state index in [1.807, 2.05) is 6.07 Å². The number of phenolic OH excluding ortho intramolecular Hbond substituents is 1. The molecule has 0 saturated carbocycles. The zero-order valence-electron chi connectivity index (χ0n) is 10.0. The number of unbranched alkanes of at least 4 members (excludes halogenated alkanes) is 2. The maximum atomic E-state index is 10.8. The first-order chi connectivity index (χ1) is 8.06. The molecule has 0 bridgehead atoms. The topological polar surface area (TPSA) is 83.5 Å². The second-order valence-electron chi connectivity index (χ2n) is 4.17. The lowest BCUT2D eigenvalue weighted by atomic mass is 10.00. The smallest absolute Gasteiger partial charge is 0.325 e. The van der Waals surface area contributed by atoms with Crippen LogP contribution >= 0.6 is 0 Å². The maximum absolute atomic E-state index is 10.8. The van der Waals surface area contributed by atoms with Gasteiger partial charge in [-0.25, -0.2) is 0 Å². The van der Waals surface area contributed by atoms with E-state index in [1.165, 1.54) is 6.07 Å². The van der Waals surface area contributed by atoms with Crippen LogP contribution in [0.1, 0.15) is 43.4 Å². The van der Waals surface area contributed by atoms with Gasteiger partial charge in [0.2, 0.25) is 0 Å². The number of aliphatic carboxylic acids is 1. The van der Waals surface area contributed by atoms with Gasteiger partial charge in [-0.05, 0) is 30.5 Å². The quantitative estimate of drug-likeness (QED) is 0.662. The number of carboxylic acid groups (broad SMARTS) is 1. The molecule has 4 heteroatoms. The predicted octanol–water partition coefficient (Wildman–Crippen LogP) is 2.21. The zero-order valence-corrected chi connectivity index (χ0v) is 10.0. The van der Waals surface area contributed by atoms with E-state index >= 15 is 0 Å². The number of carboxylic acids is 1. The van der Waals surface area contributed by atoms with Crippen LogP contribution in [0.2, 0.25) is 0 Å². The average molecular weight is 237 g/mol. The molecule has 0 aliphatic heterocycles. The summed E-state index contributed by atoms with van der Waals surface area (Å²) in [6.45, 7) is 2.13. The van der Waals surface area contributed by atoms with Gasteiger partial charge in [0, 0.05) is 5.56 Å². The van der Waals surface area contributed by atoms with Crippen LogP contribution < -0.4 is 5.73 Å². The van der Waals surface area contributed by atoms with Crippen molar-refractivity contribution in [2.45, 2.75) is 38.6 Å². The van der Waals surface area contributed by atoms with Gasteiger partial charge in [0.05, 0.1) is 0 Å². The highest BCUT2D eigenvalue weighted by atomic mass is 16.4. The molecule has 1 rings (SSSR count). The predicted molar refractivity (Wildman–Crippen MR) is 65.9 cm³/mol. The summed E-state index contributed by atoms with van der Waals surface area (Å²) in [6.07, 6.45) is 4.22. The van der Waals surface area contributed by atoms with Gasteiger partial charge in [-0.15, -0.1) is 0 Å². The van der Waals surface area contributed by atoms with Crippen LogP contribution in [-0.4, -0.2) is 16.2 Å². The Morgan fingerprint density at radius 3 is 2.71 bits per heavy atom. The highest BCUT2D eigenvalue weighted by Gasteiger charge is 2.18. The maximum Gasteiger partial charge on any atom is 0.325 e. The first kappa shape index (κ1) is 13.5. The molecule has 0 heterocycles. The first-order valence-electron chi connectivity index (χ1n) is 5.86. The highest BCUT2D eigenvalue weighted by Crippen LogP contribution is 2.25. The number of phenols is 1. The van der Waals surface area contributed by atoms with Gasteiger partial charge in [-0.1, -0.05) is 25.8 Å². The summed E-state index contributed by atoms with van der Waals surface area (Å²) in [5.41, 5.74) is 6.80. The third kappa shape index (κ3) is 3.75. The second kappa shape index (κ2) is 6.25. The Labute approximate surface area is 101 Å². The van der Waals surface area contributed by atoms with Gasteiger partial charge >= 0.3 is 5.97 Å². The number of benzene rings is 1. The lowest BCUT2D eigenvalue weighted by Crippen LogP contribution is -2.20. The van der Waals surface area contributed by atoms with Gasteiger partial charge in [0.25, 0.3) is 0 Å². The van der Waals surface area contributed by atoms with Crippen molar-refractivity contribution in [3.63, 3.8) is 0 Å². The Morgan fingerprint density at radius 2 is 2.12 bits per heavy atom. The molecule has 4 nitrogen and oxygen atoms in total. The van der Waals surface area contributed by atoms with Gasteiger partial charge < -0.3 is 15.9 Å². The minimum Gasteiger partial charge on any atom is -0.508 e. The Morgan fingerprint density at radius 1 is 1.41 bits per heavy atom. The van der Waals surface area contributed by atoms with Crippen molar-refractivity contribution in [3.05, 3.63) is 29.3 Å². The third-order valence-electron chi connectivity index (χ3n) is 2.76. The van der Waals surface area contributed by atoms with Crippen LogP contribution in [-0.2, 0) is 11.2 Å². The van der Waals surface area contributed by atoms with Crippen LogP contribution in [0.4, 0.5) is 0 Å². The van der Waals surface area contributed by atoms with E-state index in [1.54, 1.807) is 6.07 Å². The molecule has 0 amide bonds. The number of rotatable bonds is 6. The van der Waals surface area contributed by atoms with Crippen molar-refractivity contribution in [1.82, 2.24) is 0 Å². The number of hydrogen-bond donors (Lipinski definition) is 3. The van der Waals surface area contributed by atoms with E-state index in [-0.39, 0.29) is 11.3 Å². The molecule has 0 saturated heterocycles. The van der Waals surface area contributed by atoms with E-state index in [9.17, 15) is 9.90 Å². The van der Waals surface area contributed by atoms with Gasteiger partial charge in [0.1, 0.15) is 11.8 Å². The first-order valence-corrected chi connectivity index (χ1v) is 5.86. The zero-order chi connectivity index (χ0) is 12.8. The fraction of sp³-hybridized carbons (Fsp3) is 0.462. The van der Waals surface area contributed by atoms with E-state index in [4.69, 9.17) is 10.8 Å². The summed E-state index contributed by atoms with van der Waals surface area (Å²) in [6, 6.07) is 3.84. The molecule has 0 aliphatic rings. The number of nitrogens with two attached hydrogens (primary N) is 1. The van der Waals surface area contributed by atoms with Gasteiger partial charge in [-0.2, -0.15) is 0 Å². The fourth-order valence-corrected chi connectivity index (χ4v) is 1.72. The van der Waals surface area contributed by atoms with Crippen LogP contribution in [0.15, 0.2) is 18.2 Å². The Kier molecular flexibility index (Phi) is 4.97. The second-order valence-corrected chi connectivity index (χ2v) is 4.17. The van der Waals surface area contributed by atoms with Gasteiger partial charge in [0.15, 0.2) is 0 Å². The van der Waals surface area contributed by atoms with Crippen LogP contribution in [0, 0.1) is 0 Å². The van der Waals surface area contributed by atoms with Crippen molar-refractivity contribution < 1.29 is 15.0 Å². The Hall–Kier alpha value is -1.55. The molecule has 0 unspecified atom stereocenters. The standard InChI is InChI=1S/C13H19NO3/c1-2-3-4-5-9-6-7-11(15)10(8-9)12(14)13(16)17/h6-8,12,15H,2-5,14H2,1H3,(H,16,17)/t12-/m0/s1. The van der Waals surface area contributed by atoms with E-state index < -0.39 is 12.0 Å². The molecule has 94 valence electrons. The molecule has 1 aromatic carbocycles. The molecule has 0 aromatic heterocycles. The minimum atomic E-state index is -1.17. The molecule has 0 aliphatic carbocycles. The number of carbonyl (C=O) groups is 1. The van der Waals surface area contributed by atoms with Crippen molar-refractivity contribution in [2.24, 2.45) is 5.73 Å². The molecule has 1 atom stereocenters. The molecule has 0 fully saturated rings. The van der Waals surface area contributed by atoms with E-state index in [0.29, 0.717) is 0 Å².